The number of rotatable bonds is 6. The van der Waals surface area contributed by atoms with E-state index in [1.165, 1.54) is 0 Å². The summed E-state index contributed by atoms with van der Waals surface area (Å²) in [6, 6.07) is 7.12. The fourth-order valence-corrected chi connectivity index (χ4v) is 4.43. The van der Waals surface area contributed by atoms with Gasteiger partial charge in [-0.05, 0) is 64.1 Å². The number of carboxylic acid groups (broad SMARTS) is 1. The summed E-state index contributed by atoms with van der Waals surface area (Å²) in [7, 11) is 0. The van der Waals surface area contributed by atoms with E-state index in [4.69, 9.17) is 14.6 Å². The fourth-order valence-electron chi connectivity index (χ4n) is 4.43. The van der Waals surface area contributed by atoms with Gasteiger partial charge in [0, 0.05) is 18.3 Å². The van der Waals surface area contributed by atoms with Gasteiger partial charge in [0.15, 0.2) is 0 Å². The number of hydrogen-bond donors (Lipinski definition) is 1. The van der Waals surface area contributed by atoms with Crippen molar-refractivity contribution in [3.8, 4) is 5.88 Å². The first-order valence-electron chi connectivity index (χ1n) is 12.5. The molecule has 0 bridgehead atoms. The number of aliphatic carboxylic acids is 1. The number of ether oxygens (including phenoxy) is 2. The number of aliphatic imine (C=N–C) groups is 2. The normalized spacial score (nSPS) is 15.8. The van der Waals surface area contributed by atoms with Crippen molar-refractivity contribution in [2.45, 2.75) is 46.1 Å². The second-order valence-electron chi connectivity index (χ2n) is 10.2. The van der Waals surface area contributed by atoms with Crippen LogP contribution < -0.4 is 14.5 Å². The van der Waals surface area contributed by atoms with Gasteiger partial charge in [-0.15, -0.1) is 0 Å². The van der Waals surface area contributed by atoms with E-state index >= 15 is 0 Å². The van der Waals surface area contributed by atoms with Crippen LogP contribution in [-0.2, 0) is 16.0 Å². The van der Waals surface area contributed by atoms with E-state index < -0.39 is 17.7 Å². The van der Waals surface area contributed by atoms with Crippen LogP contribution in [-0.4, -0.2) is 66.9 Å². The number of fused-ring (bicyclic) bond motifs is 1. The van der Waals surface area contributed by atoms with Crippen molar-refractivity contribution in [3.63, 3.8) is 0 Å². The van der Waals surface area contributed by atoms with E-state index in [9.17, 15) is 9.59 Å². The predicted molar refractivity (Wildman–Crippen MR) is 147 cm³/mol. The van der Waals surface area contributed by atoms with Crippen LogP contribution in [0.4, 0.5) is 21.9 Å². The Morgan fingerprint density at radius 1 is 1.24 bits per heavy atom. The first-order chi connectivity index (χ1) is 18.1. The molecule has 0 unspecified atom stereocenters. The molecule has 0 fully saturated rings. The molecule has 0 saturated carbocycles. The molecule has 200 valence electrons. The highest BCUT2D eigenvalue weighted by Gasteiger charge is 2.32. The molecule has 0 aliphatic carbocycles. The van der Waals surface area contributed by atoms with Crippen LogP contribution in [0.25, 0.3) is 0 Å². The number of aromatic nitrogens is 1. The van der Waals surface area contributed by atoms with Gasteiger partial charge in [0.2, 0.25) is 5.88 Å². The number of carboxylic acids is 1. The highest BCUT2D eigenvalue weighted by molar-refractivity contribution is 5.92. The molecule has 1 amide bonds. The van der Waals surface area contributed by atoms with Crippen molar-refractivity contribution < 1.29 is 24.2 Å². The van der Waals surface area contributed by atoms with Crippen molar-refractivity contribution in [1.82, 2.24) is 4.98 Å². The summed E-state index contributed by atoms with van der Waals surface area (Å²) >= 11 is 0. The third kappa shape index (κ3) is 6.19. The third-order valence-corrected chi connectivity index (χ3v) is 6.24. The van der Waals surface area contributed by atoms with Crippen molar-refractivity contribution in [2.75, 3.05) is 36.0 Å². The van der Waals surface area contributed by atoms with Crippen molar-refractivity contribution in [2.24, 2.45) is 9.98 Å². The number of pyridine rings is 1. The van der Waals surface area contributed by atoms with Gasteiger partial charge in [-0.3, -0.25) is 19.7 Å². The molecule has 2 aliphatic heterocycles. The lowest BCUT2D eigenvalue weighted by atomic mass is 10.0. The number of nitrogens with zero attached hydrogens (tertiary/aromatic N) is 5. The smallest absolute Gasteiger partial charge is 0.415 e. The minimum atomic E-state index is -0.866. The summed E-state index contributed by atoms with van der Waals surface area (Å²) in [6.07, 6.45) is 3.81. The van der Waals surface area contributed by atoms with Crippen molar-refractivity contribution in [3.05, 3.63) is 52.9 Å². The van der Waals surface area contributed by atoms with Crippen LogP contribution in [0.5, 0.6) is 5.88 Å². The molecule has 0 saturated heterocycles. The molecule has 4 rings (SSSR count). The molecule has 10 heteroatoms. The molecule has 1 aromatic carbocycles. The van der Waals surface area contributed by atoms with Gasteiger partial charge < -0.3 is 19.5 Å². The third-order valence-electron chi connectivity index (χ3n) is 6.24. The van der Waals surface area contributed by atoms with Crippen LogP contribution in [0, 0.1) is 6.92 Å². The zero-order valence-electron chi connectivity index (χ0n) is 22.2. The van der Waals surface area contributed by atoms with E-state index in [-0.39, 0.29) is 6.42 Å². The van der Waals surface area contributed by atoms with E-state index in [2.05, 4.69) is 26.6 Å². The standard InChI is InChI=1S/C28H33N5O5/c1-18-23(16-31-26-25(18)33(12-13-37-26)27(36)38-28(2,3)4)32-11-10-20(22(17-32)29-5)15-30-21-8-6-19(7-9-21)14-24(34)35/h6-9,15-16H,5,10-14,17H2,1-4H3,(H,34,35). The Bertz CT molecular complexity index is 1290. The zero-order chi connectivity index (χ0) is 27.4. The Morgan fingerprint density at radius 3 is 2.63 bits per heavy atom. The minimum absolute atomic E-state index is 0.0197. The van der Waals surface area contributed by atoms with E-state index in [0.29, 0.717) is 44.2 Å². The quantitative estimate of drug-likeness (QED) is 0.549. The number of carbonyl (C=O) groups excluding carboxylic acids is 1. The SMILES string of the molecule is C=NC1=C(C=Nc2ccc(CC(=O)O)cc2)CCN(c2cnc3c(c2C)N(C(=O)OC(C)(C)C)CCO3)C1. The van der Waals surface area contributed by atoms with Crippen LogP contribution in [0.15, 0.2) is 51.7 Å². The lowest BCUT2D eigenvalue weighted by Crippen LogP contribution is -2.42. The van der Waals surface area contributed by atoms with Gasteiger partial charge in [-0.1, -0.05) is 12.1 Å². The molecule has 1 aromatic heterocycles. The number of benzene rings is 1. The van der Waals surface area contributed by atoms with Crippen LogP contribution in [0.1, 0.15) is 38.3 Å². The lowest BCUT2D eigenvalue weighted by Gasteiger charge is -2.35. The van der Waals surface area contributed by atoms with Gasteiger partial charge in [0.05, 0.1) is 42.8 Å². The lowest BCUT2D eigenvalue weighted by molar-refractivity contribution is -0.136. The Labute approximate surface area is 222 Å². The van der Waals surface area contributed by atoms with E-state index in [0.717, 1.165) is 33.8 Å². The minimum Gasteiger partial charge on any atom is -0.481 e. The zero-order valence-corrected chi connectivity index (χ0v) is 22.2. The Balaban J connectivity index is 1.55. The Kier molecular flexibility index (Phi) is 7.80. The van der Waals surface area contributed by atoms with Gasteiger partial charge in [0.25, 0.3) is 0 Å². The second-order valence-corrected chi connectivity index (χ2v) is 10.2. The maximum Gasteiger partial charge on any atom is 0.415 e. The highest BCUT2D eigenvalue weighted by atomic mass is 16.6. The molecule has 2 aromatic rings. The molecule has 0 radical (unpaired) electrons. The largest absolute Gasteiger partial charge is 0.481 e. The summed E-state index contributed by atoms with van der Waals surface area (Å²) in [4.78, 5) is 40.9. The summed E-state index contributed by atoms with van der Waals surface area (Å²) in [5, 5.41) is 8.93. The van der Waals surface area contributed by atoms with Crippen LogP contribution >= 0.6 is 0 Å². The van der Waals surface area contributed by atoms with Gasteiger partial charge >= 0.3 is 12.1 Å². The number of anilines is 2. The molecular formula is C28H33N5O5. The molecule has 0 spiro atoms. The van der Waals surface area contributed by atoms with Gasteiger partial charge in [-0.2, -0.15) is 0 Å². The average Bonchev–Trinajstić information content (AvgIpc) is 2.87. The fraction of sp³-hybridized carbons (Fsp3) is 0.393. The number of hydrogen-bond acceptors (Lipinski definition) is 8. The van der Waals surface area contributed by atoms with E-state index in [1.807, 2.05) is 27.7 Å². The van der Waals surface area contributed by atoms with Crippen LogP contribution in [0.3, 0.4) is 0 Å². The maximum absolute atomic E-state index is 12.9. The Morgan fingerprint density at radius 2 is 1.97 bits per heavy atom. The molecule has 38 heavy (non-hydrogen) atoms. The van der Waals surface area contributed by atoms with Crippen molar-refractivity contribution >= 4 is 42.1 Å². The van der Waals surface area contributed by atoms with E-state index in [1.54, 1.807) is 41.6 Å². The number of amides is 1. The number of carbonyl (C=O) groups is 2. The van der Waals surface area contributed by atoms with Gasteiger partial charge in [0.1, 0.15) is 17.9 Å². The Hall–Kier alpha value is -4.21. The summed E-state index contributed by atoms with van der Waals surface area (Å²) in [5.74, 6) is -0.450. The highest BCUT2D eigenvalue weighted by Crippen LogP contribution is 2.39. The maximum atomic E-state index is 12.9. The predicted octanol–water partition coefficient (Wildman–Crippen LogP) is 4.72. The molecule has 1 N–H and O–H groups in total. The molecule has 0 atom stereocenters. The molecular weight excluding hydrogens is 486 g/mol. The molecule has 10 nitrogen and oxygen atoms in total. The summed E-state index contributed by atoms with van der Waals surface area (Å²) in [5.41, 5.74) is 5.01. The second kappa shape index (κ2) is 11.0. The van der Waals surface area contributed by atoms with Crippen LogP contribution in [0.2, 0.25) is 0 Å². The first kappa shape index (κ1) is 26.8. The van der Waals surface area contributed by atoms with Crippen molar-refractivity contribution in [1.29, 1.82) is 0 Å². The monoisotopic (exact) mass is 519 g/mol. The molecule has 3 heterocycles. The van der Waals surface area contributed by atoms with Gasteiger partial charge in [-0.25, -0.2) is 9.78 Å². The first-order valence-corrected chi connectivity index (χ1v) is 12.5. The molecule has 2 aliphatic rings. The summed E-state index contributed by atoms with van der Waals surface area (Å²) in [6.45, 7) is 13.2. The topological polar surface area (TPSA) is 117 Å². The summed E-state index contributed by atoms with van der Waals surface area (Å²) < 4.78 is 11.4. The average molecular weight is 520 g/mol.